The molecular formula is C19H17FN6O6S. The van der Waals surface area contributed by atoms with Crippen molar-refractivity contribution in [3.63, 3.8) is 0 Å². The number of aromatic nitrogens is 2. The van der Waals surface area contributed by atoms with Crippen molar-refractivity contribution in [1.82, 2.24) is 9.97 Å². The van der Waals surface area contributed by atoms with Crippen LogP contribution < -0.4 is 21.1 Å². The third kappa shape index (κ3) is 5.96. The number of carbonyl (C=O) groups is 2. The molecule has 3 aromatic rings. The van der Waals surface area contributed by atoms with Crippen LogP contribution >= 0.6 is 11.3 Å². The van der Waals surface area contributed by atoms with Gasteiger partial charge in [-0.25, -0.2) is 9.97 Å². The molecule has 0 unspecified atom stereocenters. The standard InChI is InChI=1S/C19H17FN6O6S/c1-31-6-7-32-13-3-2-10(8-12(13)26(29)30)17(28)25-18-15(16(21)27)24-19(33-18)23-11-4-5-22-14(20)9-11/h2-5,8-9H,6-7H2,1H3,(H2,21,27)(H,25,28)(H,22,23,24). The van der Waals surface area contributed by atoms with Crippen molar-refractivity contribution >= 4 is 44.7 Å². The maximum absolute atomic E-state index is 13.3. The summed E-state index contributed by atoms with van der Waals surface area (Å²) >= 11 is 0.868. The van der Waals surface area contributed by atoms with E-state index in [2.05, 4.69) is 20.6 Å². The number of thiazole rings is 1. The fourth-order valence-electron chi connectivity index (χ4n) is 2.56. The van der Waals surface area contributed by atoms with E-state index in [4.69, 9.17) is 15.2 Å². The quantitative estimate of drug-likeness (QED) is 0.172. The van der Waals surface area contributed by atoms with Gasteiger partial charge in [0.1, 0.15) is 11.6 Å². The lowest BCUT2D eigenvalue weighted by atomic mass is 10.1. The summed E-state index contributed by atoms with van der Waals surface area (Å²) in [6.07, 6.45) is 1.23. The fraction of sp³-hybridized carbons (Fsp3) is 0.158. The third-order valence-corrected chi connectivity index (χ3v) is 4.91. The van der Waals surface area contributed by atoms with Crippen molar-refractivity contribution in [3.8, 4) is 5.75 Å². The molecule has 0 bridgehead atoms. The van der Waals surface area contributed by atoms with Crippen LogP contribution in [0.5, 0.6) is 5.75 Å². The smallest absolute Gasteiger partial charge is 0.311 e. The molecule has 4 N–H and O–H groups in total. The van der Waals surface area contributed by atoms with Crippen LogP contribution in [0.15, 0.2) is 36.5 Å². The summed E-state index contributed by atoms with van der Waals surface area (Å²) in [5.41, 5.74) is 4.94. The number of primary amides is 1. The summed E-state index contributed by atoms with van der Waals surface area (Å²) in [7, 11) is 1.46. The Balaban J connectivity index is 1.82. The molecular weight excluding hydrogens is 459 g/mol. The predicted molar refractivity (Wildman–Crippen MR) is 117 cm³/mol. The Labute approximate surface area is 189 Å². The Morgan fingerprint density at radius 1 is 1.27 bits per heavy atom. The van der Waals surface area contributed by atoms with E-state index in [9.17, 15) is 24.1 Å². The second kappa shape index (κ2) is 10.4. The molecule has 0 atom stereocenters. The van der Waals surface area contributed by atoms with Gasteiger partial charge in [-0.1, -0.05) is 11.3 Å². The number of nitrogens with two attached hydrogens (primary N) is 1. The van der Waals surface area contributed by atoms with Gasteiger partial charge in [0.2, 0.25) is 5.95 Å². The molecule has 2 amide bonds. The Morgan fingerprint density at radius 3 is 2.73 bits per heavy atom. The van der Waals surface area contributed by atoms with E-state index in [1.165, 1.54) is 31.5 Å². The Bertz CT molecular complexity index is 1200. The number of methoxy groups -OCH3 is 1. The lowest BCUT2D eigenvalue weighted by molar-refractivity contribution is -0.385. The number of nitro groups is 1. The second-order valence-corrected chi connectivity index (χ2v) is 7.29. The van der Waals surface area contributed by atoms with Gasteiger partial charge >= 0.3 is 5.69 Å². The van der Waals surface area contributed by atoms with E-state index in [0.717, 1.165) is 23.5 Å². The molecule has 2 aromatic heterocycles. The molecule has 0 aliphatic rings. The average molecular weight is 476 g/mol. The molecule has 0 saturated carbocycles. The summed E-state index contributed by atoms with van der Waals surface area (Å²) < 4.78 is 23.4. The van der Waals surface area contributed by atoms with E-state index >= 15 is 0 Å². The summed E-state index contributed by atoms with van der Waals surface area (Å²) in [6, 6.07) is 6.24. The molecule has 0 fully saturated rings. The van der Waals surface area contributed by atoms with Gasteiger partial charge in [0.05, 0.1) is 11.5 Å². The summed E-state index contributed by atoms with van der Waals surface area (Å²) in [5, 5.41) is 16.8. The zero-order valence-corrected chi connectivity index (χ0v) is 17.8. The van der Waals surface area contributed by atoms with E-state index in [1.807, 2.05) is 0 Å². The van der Waals surface area contributed by atoms with Gasteiger partial charge in [0.25, 0.3) is 11.8 Å². The SMILES string of the molecule is COCCOc1ccc(C(=O)Nc2sc(Nc3ccnc(F)c3)nc2C(N)=O)cc1[N+](=O)[O-]. The van der Waals surface area contributed by atoms with Gasteiger partial charge in [-0.05, 0) is 18.2 Å². The normalized spacial score (nSPS) is 10.5. The van der Waals surface area contributed by atoms with Crippen LogP contribution in [0.2, 0.25) is 0 Å². The third-order valence-electron chi connectivity index (χ3n) is 4.03. The van der Waals surface area contributed by atoms with Gasteiger partial charge in [-0.3, -0.25) is 19.7 Å². The largest absolute Gasteiger partial charge is 0.484 e. The number of anilines is 3. The van der Waals surface area contributed by atoms with Crippen molar-refractivity contribution in [2.45, 2.75) is 0 Å². The van der Waals surface area contributed by atoms with Gasteiger partial charge in [-0.2, -0.15) is 4.39 Å². The van der Waals surface area contributed by atoms with Crippen LogP contribution in [-0.2, 0) is 4.74 Å². The number of hydrogen-bond donors (Lipinski definition) is 3. The number of hydrogen-bond acceptors (Lipinski definition) is 10. The molecule has 0 saturated heterocycles. The average Bonchev–Trinajstić information content (AvgIpc) is 3.16. The molecule has 172 valence electrons. The summed E-state index contributed by atoms with van der Waals surface area (Å²) in [4.78, 5) is 42.6. The zero-order valence-electron chi connectivity index (χ0n) is 17.0. The maximum Gasteiger partial charge on any atom is 0.311 e. The number of pyridine rings is 1. The first-order valence-corrected chi connectivity index (χ1v) is 10.0. The molecule has 14 heteroatoms. The number of benzene rings is 1. The monoisotopic (exact) mass is 476 g/mol. The van der Waals surface area contributed by atoms with Crippen molar-refractivity contribution in [3.05, 3.63) is 63.8 Å². The van der Waals surface area contributed by atoms with Gasteiger partial charge in [-0.15, -0.1) is 0 Å². The highest BCUT2D eigenvalue weighted by molar-refractivity contribution is 7.20. The Kier molecular flexibility index (Phi) is 7.42. The number of ether oxygens (including phenoxy) is 2. The molecule has 1 aromatic carbocycles. The van der Waals surface area contributed by atoms with Crippen LogP contribution in [0.3, 0.4) is 0 Å². The van der Waals surface area contributed by atoms with Crippen molar-refractivity contribution < 1.29 is 28.4 Å². The van der Waals surface area contributed by atoms with Crippen LogP contribution in [0.25, 0.3) is 0 Å². The molecule has 12 nitrogen and oxygen atoms in total. The van der Waals surface area contributed by atoms with Gasteiger partial charge in [0, 0.05) is 36.7 Å². The predicted octanol–water partition coefficient (Wildman–Crippen LogP) is 2.71. The second-order valence-electron chi connectivity index (χ2n) is 6.29. The molecule has 0 aliphatic carbocycles. The lowest BCUT2D eigenvalue weighted by Gasteiger charge is -2.08. The Hall–Kier alpha value is -4.17. The number of nitrogens with zero attached hydrogens (tertiary/aromatic N) is 3. The topological polar surface area (TPSA) is 172 Å². The first-order valence-electron chi connectivity index (χ1n) is 9.19. The fourth-order valence-corrected chi connectivity index (χ4v) is 3.45. The van der Waals surface area contributed by atoms with Crippen LogP contribution in [-0.4, -0.2) is 47.0 Å². The van der Waals surface area contributed by atoms with E-state index < -0.39 is 28.4 Å². The van der Waals surface area contributed by atoms with Crippen LogP contribution in [0.4, 0.5) is 25.9 Å². The van der Waals surface area contributed by atoms with Crippen molar-refractivity contribution in [1.29, 1.82) is 0 Å². The van der Waals surface area contributed by atoms with Crippen LogP contribution in [0.1, 0.15) is 20.8 Å². The number of rotatable bonds is 10. The number of nitro benzene ring substituents is 1. The van der Waals surface area contributed by atoms with Crippen LogP contribution in [0, 0.1) is 16.1 Å². The van der Waals surface area contributed by atoms with Crippen molar-refractivity contribution in [2.75, 3.05) is 31.0 Å². The minimum Gasteiger partial charge on any atom is -0.484 e. The molecule has 3 rings (SSSR count). The number of carbonyl (C=O) groups excluding carboxylic acids is 2. The first-order chi connectivity index (χ1) is 15.8. The first kappa shape index (κ1) is 23.5. The minimum atomic E-state index is -0.914. The lowest BCUT2D eigenvalue weighted by Crippen LogP contribution is -2.17. The minimum absolute atomic E-state index is 0.00704. The molecule has 0 spiro atoms. The highest BCUT2D eigenvalue weighted by Crippen LogP contribution is 2.32. The maximum atomic E-state index is 13.3. The molecule has 0 aliphatic heterocycles. The van der Waals surface area contributed by atoms with E-state index in [1.54, 1.807) is 0 Å². The van der Waals surface area contributed by atoms with Crippen molar-refractivity contribution in [2.24, 2.45) is 5.73 Å². The Morgan fingerprint density at radius 2 is 2.06 bits per heavy atom. The summed E-state index contributed by atoms with van der Waals surface area (Å²) in [6.45, 7) is 0.312. The van der Waals surface area contributed by atoms with E-state index in [0.29, 0.717) is 5.69 Å². The highest BCUT2D eigenvalue weighted by Gasteiger charge is 2.22. The number of amides is 2. The zero-order chi connectivity index (χ0) is 24.0. The summed E-state index contributed by atoms with van der Waals surface area (Å²) in [5.74, 6) is -2.41. The molecule has 2 heterocycles. The molecule has 0 radical (unpaired) electrons. The number of halogens is 1. The van der Waals surface area contributed by atoms with Gasteiger partial charge < -0.3 is 25.8 Å². The highest BCUT2D eigenvalue weighted by atomic mass is 32.1. The van der Waals surface area contributed by atoms with E-state index in [-0.39, 0.29) is 40.4 Å². The van der Waals surface area contributed by atoms with Gasteiger partial charge in [0.15, 0.2) is 16.6 Å². The molecule has 33 heavy (non-hydrogen) atoms. The number of nitrogens with one attached hydrogen (secondary N) is 2.